The first-order chi connectivity index (χ1) is 11.2. The lowest BCUT2D eigenvalue weighted by Gasteiger charge is -2.10. The van der Waals surface area contributed by atoms with Crippen molar-refractivity contribution in [1.29, 1.82) is 0 Å². The lowest BCUT2D eigenvalue weighted by atomic mass is 10.1. The molecule has 25 heavy (non-hydrogen) atoms. The number of rotatable bonds is 7. The Morgan fingerprint density at radius 1 is 1.04 bits per heavy atom. The van der Waals surface area contributed by atoms with E-state index in [0.717, 1.165) is 12.6 Å². The fourth-order valence-electron chi connectivity index (χ4n) is 3.52. The number of para-hydroxylation sites is 1. The lowest BCUT2D eigenvalue weighted by Crippen LogP contribution is -3.00. The Balaban J connectivity index is 0.00000156. The summed E-state index contributed by atoms with van der Waals surface area (Å²) in [5, 5.41) is 5.16. The van der Waals surface area contributed by atoms with Crippen LogP contribution in [0.1, 0.15) is 38.8 Å². The molecule has 0 saturated heterocycles. The molecule has 0 aliphatic heterocycles. The molecular weight excluding hydrogens is 442 g/mol. The van der Waals surface area contributed by atoms with Gasteiger partial charge in [0, 0.05) is 29.3 Å². The van der Waals surface area contributed by atoms with Crippen LogP contribution in [0.5, 0.6) is 0 Å². The number of nitrogens with zero attached hydrogens (tertiary/aromatic N) is 1. The maximum atomic E-state index is 3.58. The fourth-order valence-corrected chi connectivity index (χ4v) is 3.52. The second-order valence-corrected chi connectivity index (χ2v) is 6.51. The summed E-state index contributed by atoms with van der Waals surface area (Å²) < 4.78 is 2.39. The average molecular weight is 471 g/mol. The van der Waals surface area contributed by atoms with E-state index < -0.39 is 0 Å². The van der Waals surface area contributed by atoms with Crippen LogP contribution >= 0.6 is 0 Å². The van der Waals surface area contributed by atoms with Crippen LogP contribution in [-0.2, 0) is 6.54 Å². The van der Waals surface area contributed by atoms with Gasteiger partial charge in [-0.05, 0) is 18.9 Å². The first kappa shape index (κ1) is 22.1. The van der Waals surface area contributed by atoms with Crippen molar-refractivity contribution >= 4 is 21.8 Å². The number of halogens is 2. The van der Waals surface area contributed by atoms with Crippen LogP contribution in [0.4, 0.5) is 0 Å². The molecular formula is C20H29Br2N3. The van der Waals surface area contributed by atoms with Gasteiger partial charge in [-0.3, -0.25) is 0 Å². The van der Waals surface area contributed by atoms with E-state index in [-0.39, 0.29) is 34.0 Å². The number of quaternary nitrogens is 1. The van der Waals surface area contributed by atoms with E-state index in [2.05, 4.69) is 72.2 Å². The molecule has 0 spiro atoms. The molecule has 5 heteroatoms. The van der Waals surface area contributed by atoms with Crippen LogP contribution in [0.2, 0.25) is 0 Å². The highest BCUT2D eigenvalue weighted by Crippen LogP contribution is 2.25. The molecule has 2 aromatic heterocycles. The maximum absolute atomic E-state index is 3.58. The quantitative estimate of drug-likeness (QED) is 0.274. The fraction of sp³-hybridized carbons (Fsp3) is 0.450. The number of fused-ring (bicyclic) bond motifs is 3. The normalized spacial score (nSPS) is 10.9. The van der Waals surface area contributed by atoms with Gasteiger partial charge in [-0.2, -0.15) is 0 Å². The summed E-state index contributed by atoms with van der Waals surface area (Å²) in [5.74, 6) is 0. The number of nitrogens with one attached hydrogen (secondary N) is 1. The molecule has 3 nitrogen and oxygen atoms in total. The van der Waals surface area contributed by atoms with Crippen LogP contribution < -0.4 is 43.8 Å². The van der Waals surface area contributed by atoms with Crippen LogP contribution in [-0.4, -0.2) is 17.6 Å². The number of H-pyrrole nitrogens is 1. The minimum atomic E-state index is 0. The van der Waals surface area contributed by atoms with Crippen molar-refractivity contribution in [1.82, 2.24) is 4.98 Å². The number of aromatic amines is 1. The molecule has 0 saturated carbocycles. The van der Waals surface area contributed by atoms with E-state index in [9.17, 15) is 0 Å². The molecule has 0 aliphatic carbocycles. The Hall–Kier alpha value is -0.910. The highest BCUT2D eigenvalue weighted by molar-refractivity contribution is 6.07. The van der Waals surface area contributed by atoms with E-state index in [4.69, 9.17) is 0 Å². The van der Waals surface area contributed by atoms with Gasteiger partial charge in [-0.1, -0.05) is 32.0 Å². The van der Waals surface area contributed by atoms with Crippen molar-refractivity contribution in [3.05, 3.63) is 42.2 Å². The van der Waals surface area contributed by atoms with Crippen molar-refractivity contribution in [2.24, 2.45) is 0 Å². The summed E-state index contributed by atoms with van der Waals surface area (Å²) in [6.45, 7) is 9.10. The third kappa shape index (κ3) is 4.83. The van der Waals surface area contributed by atoms with Gasteiger partial charge in [0.15, 0.2) is 12.7 Å². The monoisotopic (exact) mass is 469 g/mol. The molecule has 3 aromatic rings. The van der Waals surface area contributed by atoms with Gasteiger partial charge in [0.1, 0.15) is 5.52 Å². The number of aromatic nitrogens is 2. The largest absolute Gasteiger partial charge is 1.00 e. The van der Waals surface area contributed by atoms with Gasteiger partial charge >= 0.3 is 0 Å². The smallest absolute Gasteiger partial charge is 0.202 e. The van der Waals surface area contributed by atoms with Gasteiger partial charge in [0.2, 0.25) is 5.69 Å². The number of hydrogen-bond acceptors (Lipinski definition) is 0. The molecule has 0 atom stereocenters. The van der Waals surface area contributed by atoms with E-state index in [1.165, 1.54) is 53.3 Å². The Bertz CT molecular complexity index is 794. The molecule has 0 bridgehead atoms. The second kappa shape index (κ2) is 10.3. The van der Waals surface area contributed by atoms with E-state index >= 15 is 0 Å². The molecule has 0 fully saturated rings. The summed E-state index contributed by atoms with van der Waals surface area (Å²) in [6, 6.07) is 11.6. The van der Waals surface area contributed by atoms with Crippen molar-refractivity contribution in [3.63, 3.8) is 0 Å². The highest BCUT2D eigenvalue weighted by Gasteiger charge is 2.15. The van der Waals surface area contributed by atoms with Gasteiger partial charge < -0.3 is 44.3 Å². The number of nitrogens with two attached hydrogens (primary N) is 1. The standard InChI is InChI=1S/C20H27N3.2BrH/c1-4-16(5-2)21-12-8-13-23-14-11-18-17-9-6-7-10-19(17)22-20(18)15(23)3;;/h6-7,9-11,14,16,21H,4-5,8,12-13H2,1-3H3;2*1H. The first-order valence-electron chi connectivity index (χ1n) is 8.97. The number of pyridine rings is 1. The van der Waals surface area contributed by atoms with Crippen molar-refractivity contribution in [2.75, 3.05) is 6.54 Å². The summed E-state index contributed by atoms with van der Waals surface area (Å²) in [7, 11) is 0. The molecule has 0 radical (unpaired) electrons. The van der Waals surface area contributed by atoms with E-state index in [1.807, 2.05) is 0 Å². The number of aryl methyl sites for hydroxylation is 2. The zero-order valence-corrected chi connectivity index (χ0v) is 18.5. The number of benzene rings is 1. The van der Waals surface area contributed by atoms with E-state index in [1.54, 1.807) is 0 Å². The van der Waals surface area contributed by atoms with Crippen molar-refractivity contribution < 1.29 is 43.8 Å². The average Bonchev–Trinajstić information content (AvgIpc) is 2.96. The number of hydrogen-bond donors (Lipinski definition) is 2. The molecule has 0 unspecified atom stereocenters. The first-order valence-corrected chi connectivity index (χ1v) is 8.97. The van der Waals surface area contributed by atoms with Crippen LogP contribution in [0, 0.1) is 6.92 Å². The van der Waals surface area contributed by atoms with Crippen LogP contribution in [0.25, 0.3) is 21.8 Å². The maximum Gasteiger partial charge on any atom is 0.202 e. The SMILES string of the molecule is CCC(CC)[NH2+]CCC[n+]1ccc2c([nH]c3ccccc32)c1C.[Br-].[Br-]. The van der Waals surface area contributed by atoms with Gasteiger partial charge in [-0.15, -0.1) is 0 Å². The van der Waals surface area contributed by atoms with Gasteiger partial charge in [0.25, 0.3) is 0 Å². The third-order valence-corrected chi connectivity index (χ3v) is 5.11. The Morgan fingerprint density at radius 3 is 2.48 bits per heavy atom. The molecule has 0 aliphatic rings. The van der Waals surface area contributed by atoms with Gasteiger partial charge in [0.05, 0.1) is 19.0 Å². The summed E-state index contributed by atoms with van der Waals surface area (Å²) >= 11 is 0. The molecule has 0 amide bonds. The molecule has 2 heterocycles. The van der Waals surface area contributed by atoms with Crippen molar-refractivity contribution in [2.45, 2.75) is 52.6 Å². The van der Waals surface area contributed by atoms with Crippen LogP contribution in [0.15, 0.2) is 36.5 Å². The topological polar surface area (TPSA) is 36.3 Å². The van der Waals surface area contributed by atoms with Crippen LogP contribution in [0.3, 0.4) is 0 Å². The third-order valence-electron chi connectivity index (χ3n) is 5.11. The Morgan fingerprint density at radius 2 is 1.76 bits per heavy atom. The van der Waals surface area contributed by atoms with E-state index in [0.29, 0.717) is 0 Å². The molecule has 3 rings (SSSR count). The predicted molar refractivity (Wildman–Crippen MR) is 96.5 cm³/mol. The lowest BCUT2D eigenvalue weighted by molar-refractivity contribution is -0.722. The zero-order valence-electron chi connectivity index (χ0n) is 15.4. The summed E-state index contributed by atoms with van der Waals surface area (Å²) in [5.41, 5.74) is 3.84. The highest BCUT2D eigenvalue weighted by atomic mass is 79.9. The zero-order chi connectivity index (χ0) is 16.2. The summed E-state index contributed by atoms with van der Waals surface area (Å²) in [4.78, 5) is 3.58. The minimum Gasteiger partial charge on any atom is -1.00 e. The molecule has 138 valence electrons. The second-order valence-electron chi connectivity index (χ2n) is 6.51. The molecule has 3 N–H and O–H groups in total. The summed E-state index contributed by atoms with van der Waals surface area (Å²) in [6.07, 6.45) is 6.00. The molecule has 1 aromatic carbocycles. The van der Waals surface area contributed by atoms with Gasteiger partial charge in [-0.25, -0.2) is 4.57 Å². The van der Waals surface area contributed by atoms with Crippen molar-refractivity contribution in [3.8, 4) is 0 Å². The predicted octanol–water partition coefficient (Wildman–Crippen LogP) is -2.93. The Kier molecular flexibility index (Phi) is 9.11. The Labute approximate surface area is 171 Å². The minimum absolute atomic E-state index is 0.